The number of nitrogens with one attached hydrogen (secondary N) is 2. The van der Waals surface area contributed by atoms with Crippen LogP contribution in [0.1, 0.15) is 11.1 Å². The summed E-state index contributed by atoms with van der Waals surface area (Å²) in [4.78, 5) is 29.5. The fourth-order valence-electron chi connectivity index (χ4n) is 3.70. The number of benzene rings is 4. The van der Waals surface area contributed by atoms with Crippen molar-refractivity contribution in [3.05, 3.63) is 96.1 Å². The molecule has 0 aromatic heterocycles. The number of carbonyl (C=O) groups is 2. The van der Waals surface area contributed by atoms with Crippen molar-refractivity contribution in [2.45, 2.75) is 12.8 Å². The first-order valence-corrected chi connectivity index (χ1v) is 10.3. The van der Waals surface area contributed by atoms with E-state index in [4.69, 9.17) is 4.84 Å². The largest absolute Gasteiger partial charge is 0.370 e. The number of amides is 1. The van der Waals surface area contributed by atoms with Crippen LogP contribution in [0.25, 0.3) is 21.5 Å². The Balaban J connectivity index is 1.20. The van der Waals surface area contributed by atoms with Crippen LogP contribution in [-0.4, -0.2) is 25.0 Å². The summed E-state index contributed by atoms with van der Waals surface area (Å²) in [5.74, 6) is -0.432. The number of hydrogen-bond donors (Lipinski definition) is 2. The van der Waals surface area contributed by atoms with Gasteiger partial charge in [0.1, 0.15) is 0 Å². The zero-order chi connectivity index (χ0) is 21.5. The number of rotatable bonds is 8. The van der Waals surface area contributed by atoms with E-state index >= 15 is 0 Å². The monoisotopic (exact) mass is 412 g/mol. The lowest BCUT2D eigenvalue weighted by atomic mass is 10.0. The minimum Gasteiger partial charge on any atom is -0.370 e. The minimum atomic E-state index is -0.363. The average Bonchev–Trinajstić information content (AvgIpc) is 2.79. The zero-order valence-electron chi connectivity index (χ0n) is 17.1. The molecular weight excluding hydrogens is 388 g/mol. The van der Waals surface area contributed by atoms with Gasteiger partial charge >= 0.3 is 5.97 Å². The summed E-state index contributed by atoms with van der Waals surface area (Å²) in [6, 6.07) is 27.8. The summed E-state index contributed by atoms with van der Waals surface area (Å²) < 4.78 is 0. The summed E-state index contributed by atoms with van der Waals surface area (Å²) in [6.45, 7) is 0.702. The summed E-state index contributed by atoms with van der Waals surface area (Å²) in [6.07, 6.45) is 0.490. The van der Waals surface area contributed by atoms with E-state index in [0.717, 1.165) is 32.7 Å². The maximum absolute atomic E-state index is 12.3. The van der Waals surface area contributed by atoms with Crippen molar-refractivity contribution in [2.24, 2.45) is 0 Å². The van der Waals surface area contributed by atoms with Crippen molar-refractivity contribution in [1.29, 1.82) is 0 Å². The third-order valence-corrected chi connectivity index (χ3v) is 5.18. The van der Waals surface area contributed by atoms with E-state index in [1.807, 2.05) is 84.9 Å². The van der Waals surface area contributed by atoms with E-state index in [-0.39, 0.29) is 18.3 Å². The van der Waals surface area contributed by atoms with E-state index < -0.39 is 0 Å². The van der Waals surface area contributed by atoms with Gasteiger partial charge in [0.05, 0.1) is 12.8 Å². The van der Waals surface area contributed by atoms with Crippen molar-refractivity contribution in [1.82, 2.24) is 10.8 Å². The van der Waals surface area contributed by atoms with E-state index in [0.29, 0.717) is 19.5 Å². The van der Waals surface area contributed by atoms with E-state index in [1.54, 1.807) is 0 Å². The molecule has 0 saturated heterocycles. The van der Waals surface area contributed by atoms with Crippen LogP contribution >= 0.6 is 0 Å². The van der Waals surface area contributed by atoms with Crippen LogP contribution in [0.15, 0.2) is 84.9 Å². The highest BCUT2D eigenvalue weighted by molar-refractivity contribution is 5.90. The molecule has 0 saturated carbocycles. The van der Waals surface area contributed by atoms with Gasteiger partial charge in [0, 0.05) is 13.1 Å². The summed E-state index contributed by atoms with van der Waals surface area (Å²) in [7, 11) is 0. The van der Waals surface area contributed by atoms with Crippen molar-refractivity contribution in [3.63, 3.8) is 0 Å². The number of hydrogen-bond acceptors (Lipinski definition) is 4. The smallest absolute Gasteiger partial charge is 0.329 e. The first kappa shape index (κ1) is 20.6. The highest BCUT2D eigenvalue weighted by atomic mass is 16.7. The highest BCUT2D eigenvalue weighted by Crippen LogP contribution is 2.20. The summed E-state index contributed by atoms with van der Waals surface area (Å²) >= 11 is 0. The number of carbonyl (C=O) groups excluding carboxylic acids is 2. The van der Waals surface area contributed by atoms with E-state index in [1.165, 1.54) is 0 Å². The second-order valence-electron chi connectivity index (χ2n) is 7.35. The maximum Gasteiger partial charge on any atom is 0.329 e. The molecule has 0 atom stereocenters. The second-order valence-corrected chi connectivity index (χ2v) is 7.35. The highest BCUT2D eigenvalue weighted by Gasteiger charge is 2.09. The molecule has 2 N–H and O–H groups in total. The molecule has 0 heterocycles. The molecule has 0 aliphatic carbocycles. The summed E-state index contributed by atoms with van der Waals surface area (Å²) in [5.41, 5.74) is 4.55. The third-order valence-electron chi connectivity index (χ3n) is 5.18. The predicted molar refractivity (Wildman–Crippen MR) is 122 cm³/mol. The fraction of sp³-hybridized carbons (Fsp3) is 0.154. The molecule has 0 radical (unpaired) electrons. The predicted octanol–water partition coefficient (Wildman–Crippen LogP) is 3.94. The lowest BCUT2D eigenvalue weighted by Gasteiger charge is -2.10. The molecule has 0 unspecified atom stereocenters. The SMILES string of the molecule is O=C(Cc1cccc2ccccc12)NCCNOC(=O)Cc1cccc2ccccc12. The Bertz CT molecular complexity index is 1110. The number of hydroxylamine groups is 1. The van der Waals surface area contributed by atoms with Crippen LogP contribution in [0, 0.1) is 0 Å². The zero-order valence-corrected chi connectivity index (χ0v) is 17.1. The molecule has 4 rings (SSSR count). The molecule has 0 aliphatic heterocycles. The lowest BCUT2D eigenvalue weighted by molar-refractivity contribution is -0.150. The van der Waals surface area contributed by atoms with Crippen LogP contribution in [0.4, 0.5) is 0 Å². The molecule has 0 spiro atoms. The Kier molecular flexibility index (Phi) is 6.55. The van der Waals surface area contributed by atoms with Crippen LogP contribution in [0.5, 0.6) is 0 Å². The van der Waals surface area contributed by atoms with Gasteiger partial charge in [-0.05, 0) is 32.7 Å². The summed E-state index contributed by atoms with van der Waals surface area (Å²) in [5, 5.41) is 7.19. The van der Waals surface area contributed by atoms with E-state index in [2.05, 4.69) is 10.8 Å². The molecule has 156 valence electrons. The normalized spacial score (nSPS) is 10.8. The molecular formula is C26H24N2O3. The van der Waals surface area contributed by atoms with Gasteiger partial charge in [-0.15, -0.1) is 0 Å². The van der Waals surface area contributed by atoms with Gasteiger partial charge in [-0.3, -0.25) is 9.59 Å². The van der Waals surface area contributed by atoms with Crippen LogP contribution < -0.4 is 10.8 Å². The van der Waals surface area contributed by atoms with Crippen molar-refractivity contribution in [3.8, 4) is 0 Å². The number of fused-ring (bicyclic) bond motifs is 2. The van der Waals surface area contributed by atoms with Crippen LogP contribution in [0.3, 0.4) is 0 Å². The fourth-order valence-corrected chi connectivity index (χ4v) is 3.70. The second kappa shape index (κ2) is 9.87. The molecule has 0 fully saturated rings. The molecule has 4 aromatic rings. The Hall–Kier alpha value is -3.70. The molecule has 1 amide bonds. The lowest BCUT2D eigenvalue weighted by Crippen LogP contribution is -2.34. The van der Waals surface area contributed by atoms with Crippen molar-refractivity contribution < 1.29 is 14.4 Å². The Morgan fingerprint density at radius 1 is 0.645 bits per heavy atom. The van der Waals surface area contributed by atoms with Crippen LogP contribution in [-0.2, 0) is 27.3 Å². The molecule has 5 nitrogen and oxygen atoms in total. The topological polar surface area (TPSA) is 67.4 Å². The van der Waals surface area contributed by atoms with Crippen molar-refractivity contribution >= 4 is 33.4 Å². The van der Waals surface area contributed by atoms with Gasteiger partial charge in [0.15, 0.2) is 0 Å². The molecule has 0 bridgehead atoms. The average molecular weight is 412 g/mol. The van der Waals surface area contributed by atoms with Gasteiger partial charge < -0.3 is 10.2 Å². The standard InChI is InChI=1S/C26H24N2O3/c29-25(17-21-11-5-9-19-7-1-3-13-23(19)21)27-15-16-28-31-26(30)18-22-12-6-10-20-8-2-4-14-24(20)22/h1-14,28H,15-18H2,(H,27,29). The first-order valence-electron chi connectivity index (χ1n) is 10.3. The quantitative estimate of drug-likeness (QED) is 0.340. The first-order chi connectivity index (χ1) is 15.2. The molecule has 5 heteroatoms. The van der Waals surface area contributed by atoms with E-state index in [9.17, 15) is 9.59 Å². The van der Waals surface area contributed by atoms with Gasteiger partial charge in [0.25, 0.3) is 0 Å². The van der Waals surface area contributed by atoms with Crippen molar-refractivity contribution in [2.75, 3.05) is 13.1 Å². The van der Waals surface area contributed by atoms with Gasteiger partial charge in [-0.25, -0.2) is 0 Å². The Morgan fingerprint density at radius 2 is 1.19 bits per heavy atom. The molecule has 31 heavy (non-hydrogen) atoms. The molecule has 0 aliphatic rings. The Labute approximate surface area is 181 Å². The maximum atomic E-state index is 12.3. The third kappa shape index (κ3) is 5.27. The van der Waals surface area contributed by atoms with Crippen LogP contribution in [0.2, 0.25) is 0 Å². The molecule has 4 aromatic carbocycles. The van der Waals surface area contributed by atoms with Gasteiger partial charge in [0.2, 0.25) is 5.91 Å². The van der Waals surface area contributed by atoms with Gasteiger partial charge in [-0.1, -0.05) is 84.9 Å². The Morgan fingerprint density at radius 3 is 1.84 bits per heavy atom. The minimum absolute atomic E-state index is 0.0692. The van der Waals surface area contributed by atoms with Gasteiger partial charge in [-0.2, -0.15) is 5.48 Å².